The molecule has 37 heavy (non-hydrogen) atoms. The van der Waals surface area contributed by atoms with Crippen LogP contribution in [0.5, 0.6) is 0 Å². The number of carboxylic acid groups (broad SMARTS) is 1. The van der Waals surface area contributed by atoms with Crippen LogP contribution in [0.25, 0.3) is 0 Å². The molecule has 0 aliphatic carbocycles. The topological polar surface area (TPSA) is 193 Å². The highest BCUT2D eigenvalue weighted by Gasteiger charge is 2.61. The SMILES string of the molecule is CO/N=C(\C(=O)N[C@@H]1C(=O)N2C(C(=O)[O-])=C([N+]34CCC(C(N)=O)(CC3)CC4)C(C)S[C@H]12)c1csc(N)n1. The molecule has 1 unspecified atom stereocenters. The first-order chi connectivity index (χ1) is 17.5. The summed E-state index contributed by atoms with van der Waals surface area (Å²) >= 11 is 2.53. The summed E-state index contributed by atoms with van der Waals surface area (Å²) in [5.41, 5.74) is 11.3. The number of carbonyl (C=O) groups excluding carboxylic acids is 4. The second-order valence-electron chi connectivity index (χ2n) is 9.75. The molecule has 0 radical (unpaired) electrons. The number of hydrogen-bond acceptors (Lipinski definition) is 11. The molecule has 0 spiro atoms. The lowest BCUT2D eigenvalue weighted by molar-refractivity contribution is -0.911. The third-order valence-corrected chi connectivity index (χ3v) is 10.1. The smallest absolute Gasteiger partial charge is 0.276 e. The summed E-state index contributed by atoms with van der Waals surface area (Å²) in [5.74, 6) is -2.99. The monoisotopic (exact) mass is 549 g/mol. The molecule has 3 amide bonds. The highest BCUT2D eigenvalue weighted by molar-refractivity contribution is 8.00. The van der Waals surface area contributed by atoms with Gasteiger partial charge in [0.1, 0.15) is 35.6 Å². The number of primary amides is 1. The number of thiazole rings is 1. The number of thioether (sulfide) groups is 1. The fourth-order valence-corrected chi connectivity index (χ4v) is 8.11. The molecular weight excluding hydrogens is 522 g/mol. The minimum Gasteiger partial charge on any atom is -0.543 e. The van der Waals surface area contributed by atoms with E-state index in [0.717, 1.165) is 11.3 Å². The van der Waals surface area contributed by atoms with Crippen LogP contribution in [0.3, 0.4) is 0 Å². The maximum absolute atomic E-state index is 13.2. The van der Waals surface area contributed by atoms with Crippen molar-refractivity contribution in [2.75, 3.05) is 32.5 Å². The van der Waals surface area contributed by atoms with Crippen LogP contribution in [-0.2, 0) is 24.0 Å². The van der Waals surface area contributed by atoms with E-state index in [0.29, 0.717) is 49.1 Å². The molecule has 6 heterocycles. The minimum atomic E-state index is -1.44. The number of fused-ring (bicyclic) bond motifs is 4. The quantitative estimate of drug-likeness (QED) is 0.154. The van der Waals surface area contributed by atoms with Crippen LogP contribution in [0.1, 0.15) is 31.9 Å². The van der Waals surface area contributed by atoms with E-state index in [1.807, 2.05) is 6.92 Å². The predicted molar refractivity (Wildman–Crippen MR) is 132 cm³/mol. The number of amides is 3. The second-order valence-corrected chi connectivity index (χ2v) is 12.1. The number of oxime groups is 1. The Labute approximate surface area is 220 Å². The van der Waals surface area contributed by atoms with Crippen molar-refractivity contribution in [2.24, 2.45) is 16.3 Å². The standard InChI is InChI=1S/C22H27N7O6S2/c1-10-15(29-6-3-22(4-7-29,5-8-29)20(23)34)14(19(32)33)28-17(31)13(18(28)37-10)26-16(30)12(27-35-2)11-9-36-21(24)25-11/h9-10,13,18H,3-8H2,1-2H3,(H5-,23,24,25,26,30,32,33,34)/b27-12-/t10?,13-,18-,22?,29?/m1/s1. The number of nitrogens with zero attached hydrogens (tertiary/aromatic N) is 4. The first-order valence-corrected chi connectivity index (χ1v) is 13.6. The Morgan fingerprint density at radius 1 is 1.30 bits per heavy atom. The van der Waals surface area contributed by atoms with Gasteiger partial charge < -0.3 is 31.5 Å². The third-order valence-electron chi connectivity index (χ3n) is 7.99. The highest BCUT2D eigenvalue weighted by atomic mass is 32.2. The van der Waals surface area contributed by atoms with Crippen LogP contribution < -0.4 is 21.9 Å². The highest BCUT2D eigenvalue weighted by Crippen LogP contribution is 2.52. The Morgan fingerprint density at radius 3 is 2.46 bits per heavy atom. The molecule has 1 aromatic heterocycles. The number of anilines is 1. The van der Waals surface area contributed by atoms with E-state index in [1.165, 1.54) is 23.8 Å². The summed E-state index contributed by atoms with van der Waals surface area (Å²) in [5, 5.41) is 19.7. The zero-order chi connectivity index (χ0) is 26.7. The van der Waals surface area contributed by atoms with Gasteiger partial charge in [0.25, 0.3) is 11.8 Å². The largest absolute Gasteiger partial charge is 0.543 e. The molecule has 3 atom stereocenters. The van der Waals surface area contributed by atoms with Gasteiger partial charge in [-0.15, -0.1) is 23.1 Å². The maximum atomic E-state index is 13.2. The number of nitrogens with two attached hydrogens (primary N) is 2. The number of piperidine rings is 3. The second kappa shape index (κ2) is 8.99. The van der Waals surface area contributed by atoms with Gasteiger partial charge in [0.05, 0.1) is 36.3 Å². The van der Waals surface area contributed by atoms with Gasteiger partial charge in [-0.1, -0.05) is 5.16 Å². The van der Waals surface area contributed by atoms with E-state index in [2.05, 4.69) is 15.5 Å². The lowest BCUT2D eigenvalue weighted by atomic mass is 9.69. The van der Waals surface area contributed by atoms with Gasteiger partial charge in [-0.3, -0.25) is 23.8 Å². The first-order valence-electron chi connectivity index (χ1n) is 11.8. The van der Waals surface area contributed by atoms with Gasteiger partial charge in [0, 0.05) is 24.6 Å². The van der Waals surface area contributed by atoms with E-state index in [1.54, 1.807) is 5.38 Å². The number of β-lactam (4-membered cyclic amide) rings is 1. The van der Waals surface area contributed by atoms with E-state index in [4.69, 9.17) is 16.3 Å². The number of aliphatic carboxylic acids is 1. The Kier molecular flexibility index (Phi) is 6.19. The fourth-order valence-electron chi connectivity index (χ4n) is 6.00. The van der Waals surface area contributed by atoms with Crippen molar-refractivity contribution in [3.63, 3.8) is 0 Å². The van der Waals surface area contributed by atoms with E-state index in [9.17, 15) is 24.3 Å². The Morgan fingerprint density at radius 2 is 1.95 bits per heavy atom. The maximum Gasteiger partial charge on any atom is 0.276 e. The van der Waals surface area contributed by atoms with Gasteiger partial charge in [0.2, 0.25) is 5.91 Å². The predicted octanol–water partition coefficient (Wildman–Crippen LogP) is -1.69. The molecule has 4 fully saturated rings. The van der Waals surface area contributed by atoms with Crippen LogP contribution >= 0.6 is 23.1 Å². The number of nitrogens with one attached hydrogen (secondary N) is 1. The van der Waals surface area contributed by atoms with Crippen LogP contribution in [0, 0.1) is 5.41 Å². The lowest BCUT2D eigenvalue weighted by Gasteiger charge is -2.59. The molecule has 0 saturated carbocycles. The Balaban J connectivity index is 1.41. The van der Waals surface area contributed by atoms with E-state index in [-0.39, 0.29) is 33.4 Å². The molecule has 0 aromatic carbocycles. The molecule has 5 aliphatic heterocycles. The van der Waals surface area contributed by atoms with Crippen molar-refractivity contribution in [2.45, 2.75) is 42.9 Å². The molecule has 2 bridgehead atoms. The number of hydrogen-bond donors (Lipinski definition) is 3. The summed E-state index contributed by atoms with van der Waals surface area (Å²) in [4.78, 5) is 60.8. The molecule has 4 saturated heterocycles. The molecule has 1 aromatic rings. The van der Waals surface area contributed by atoms with Crippen LogP contribution in [0.15, 0.2) is 21.9 Å². The molecule has 5 aliphatic rings. The van der Waals surface area contributed by atoms with Crippen molar-refractivity contribution in [3.05, 3.63) is 22.5 Å². The van der Waals surface area contributed by atoms with Gasteiger partial charge in [-0.05, 0) is 6.92 Å². The molecule has 198 valence electrons. The number of carbonyl (C=O) groups is 4. The summed E-state index contributed by atoms with van der Waals surface area (Å²) < 4.78 is 0.399. The van der Waals surface area contributed by atoms with Crippen molar-refractivity contribution >= 4 is 57.6 Å². The Hall–Kier alpha value is -3.17. The zero-order valence-electron chi connectivity index (χ0n) is 20.3. The van der Waals surface area contributed by atoms with Gasteiger partial charge in [-0.25, -0.2) is 4.98 Å². The number of rotatable bonds is 7. The van der Waals surface area contributed by atoms with Gasteiger partial charge in [0.15, 0.2) is 10.8 Å². The molecule has 5 N–H and O–H groups in total. The van der Waals surface area contributed by atoms with Crippen molar-refractivity contribution < 1.29 is 33.6 Å². The van der Waals surface area contributed by atoms with Crippen LogP contribution in [0.4, 0.5) is 5.13 Å². The summed E-state index contributed by atoms with van der Waals surface area (Å²) in [6.45, 7) is 3.61. The Bertz CT molecular complexity index is 1240. The summed E-state index contributed by atoms with van der Waals surface area (Å²) in [6, 6.07) is -0.973. The summed E-state index contributed by atoms with van der Waals surface area (Å²) in [7, 11) is 1.28. The van der Waals surface area contributed by atoms with E-state index >= 15 is 0 Å². The number of quaternary nitrogens is 1. The molecule has 13 nitrogen and oxygen atoms in total. The third kappa shape index (κ3) is 3.87. The van der Waals surface area contributed by atoms with Crippen molar-refractivity contribution in [1.82, 2.24) is 15.2 Å². The van der Waals surface area contributed by atoms with Crippen molar-refractivity contribution in [1.29, 1.82) is 0 Å². The van der Waals surface area contributed by atoms with Crippen LogP contribution in [-0.4, -0.2) is 87.2 Å². The van der Waals surface area contributed by atoms with Crippen LogP contribution in [0.2, 0.25) is 0 Å². The number of aromatic nitrogens is 1. The number of carboxylic acids is 1. The molecule has 6 rings (SSSR count). The van der Waals surface area contributed by atoms with Gasteiger partial charge >= 0.3 is 0 Å². The van der Waals surface area contributed by atoms with E-state index < -0.39 is 34.6 Å². The average molecular weight is 550 g/mol. The minimum absolute atomic E-state index is 0.140. The molecular formula is C22H27N7O6S2. The number of nitrogen functional groups attached to an aromatic ring is 1. The average Bonchev–Trinajstić information content (AvgIpc) is 3.31. The molecule has 15 heteroatoms. The fraction of sp³-hybridized carbons (Fsp3) is 0.545. The van der Waals surface area contributed by atoms with Gasteiger partial charge in [-0.2, -0.15) is 0 Å². The lowest BCUT2D eigenvalue weighted by Crippen LogP contribution is -2.74. The normalized spacial score (nSPS) is 33.0. The summed E-state index contributed by atoms with van der Waals surface area (Å²) in [6.07, 6.45) is 1.72. The van der Waals surface area contributed by atoms with Crippen molar-refractivity contribution in [3.8, 4) is 0 Å². The first kappa shape index (κ1) is 25.5. The zero-order valence-corrected chi connectivity index (χ0v) is 21.9.